The van der Waals surface area contributed by atoms with Gasteiger partial charge in [0.2, 0.25) is 0 Å². The molecule has 0 fully saturated rings. The molecule has 102 valence electrons. The maximum atomic E-state index is 12.2. The quantitative estimate of drug-likeness (QED) is 0.697. The van der Waals surface area contributed by atoms with Gasteiger partial charge < -0.3 is 10.3 Å². The summed E-state index contributed by atoms with van der Waals surface area (Å²) in [4.78, 5) is 16.3. The van der Waals surface area contributed by atoms with Crippen LogP contribution in [0.15, 0.2) is 40.2 Å². The second-order valence-corrected chi connectivity index (χ2v) is 6.59. The van der Waals surface area contributed by atoms with Gasteiger partial charge in [0.1, 0.15) is 5.69 Å². The molecule has 0 aliphatic rings. The standard InChI is InChI=1S/C14H10BrClN2OS/c15-8-3-4-11-10(6-8)12(16)13(18-11)14(19)17-7-9-2-1-5-20-9/h1-6,18H,7H2,(H,17,19). The smallest absolute Gasteiger partial charge is 0.269 e. The molecule has 0 spiro atoms. The fraction of sp³-hybridized carbons (Fsp3) is 0.0714. The number of thiophene rings is 1. The van der Waals surface area contributed by atoms with E-state index in [1.54, 1.807) is 11.3 Å². The number of rotatable bonds is 3. The molecule has 0 aliphatic carbocycles. The van der Waals surface area contributed by atoms with Gasteiger partial charge in [0.25, 0.3) is 5.91 Å². The van der Waals surface area contributed by atoms with Crippen LogP contribution in [0.25, 0.3) is 10.9 Å². The number of hydrogen-bond donors (Lipinski definition) is 2. The van der Waals surface area contributed by atoms with Gasteiger partial charge >= 0.3 is 0 Å². The van der Waals surface area contributed by atoms with Crippen molar-refractivity contribution in [1.82, 2.24) is 10.3 Å². The van der Waals surface area contributed by atoms with Crippen molar-refractivity contribution in [3.63, 3.8) is 0 Å². The van der Waals surface area contributed by atoms with Crippen molar-refractivity contribution < 1.29 is 4.79 Å². The van der Waals surface area contributed by atoms with Gasteiger partial charge in [-0.05, 0) is 29.6 Å². The minimum absolute atomic E-state index is 0.198. The number of benzene rings is 1. The number of hydrogen-bond acceptors (Lipinski definition) is 2. The summed E-state index contributed by atoms with van der Waals surface area (Å²) in [7, 11) is 0. The number of aromatic amines is 1. The highest BCUT2D eigenvalue weighted by molar-refractivity contribution is 9.10. The molecule has 0 unspecified atom stereocenters. The van der Waals surface area contributed by atoms with Crippen molar-refractivity contribution in [2.24, 2.45) is 0 Å². The van der Waals surface area contributed by atoms with E-state index in [0.29, 0.717) is 17.3 Å². The fourth-order valence-electron chi connectivity index (χ4n) is 1.96. The van der Waals surface area contributed by atoms with Crippen molar-refractivity contribution in [2.45, 2.75) is 6.54 Å². The SMILES string of the molecule is O=C(NCc1cccs1)c1[nH]c2ccc(Br)cc2c1Cl. The molecule has 0 radical (unpaired) electrons. The molecular weight excluding hydrogens is 360 g/mol. The Morgan fingerprint density at radius 1 is 1.40 bits per heavy atom. The van der Waals surface area contributed by atoms with Crippen LogP contribution in [0.2, 0.25) is 5.02 Å². The Labute approximate surface area is 133 Å². The van der Waals surface area contributed by atoms with E-state index in [2.05, 4.69) is 26.2 Å². The van der Waals surface area contributed by atoms with E-state index >= 15 is 0 Å². The molecule has 0 atom stereocenters. The Morgan fingerprint density at radius 3 is 3.00 bits per heavy atom. The van der Waals surface area contributed by atoms with Crippen molar-refractivity contribution in [3.05, 3.63) is 55.8 Å². The molecule has 2 aromatic heterocycles. The summed E-state index contributed by atoms with van der Waals surface area (Å²) in [5, 5.41) is 6.13. The molecule has 20 heavy (non-hydrogen) atoms. The van der Waals surface area contributed by atoms with Crippen molar-refractivity contribution in [3.8, 4) is 0 Å². The van der Waals surface area contributed by atoms with Crippen LogP contribution in [-0.2, 0) is 6.54 Å². The van der Waals surface area contributed by atoms with Crippen LogP contribution in [0.5, 0.6) is 0 Å². The van der Waals surface area contributed by atoms with Crippen molar-refractivity contribution >= 4 is 55.7 Å². The zero-order valence-corrected chi connectivity index (χ0v) is 13.4. The highest BCUT2D eigenvalue weighted by atomic mass is 79.9. The molecule has 1 amide bonds. The Bertz CT molecular complexity index is 767. The third-order valence-electron chi connectivity index (χ3n) is 2.93. The lowest BCUT2D eigenvalue weighted by Gasteiger charge is -2.02. The first kappa shape index (κ1) is 13.7. The molecule has 3 aromatic rings. The van der Waals surface area contributed by atoms with E-state index in [1.165, 1.54) is 0 Å². The largest absolute Gasteiger partial charge is 0.349 e. The lowest BCUT2D eigenvalue weighted by Crippen LogP contribution is -2.22. The molecule has 3 nitrogen and oxygen atoms in total. The topological polar surface area (TPSA) is 44.9 Å². The van der Waals surface area contributed by atoms with E-state index < -0.39 is 0 Å². The van der Waals surface area contributed by atoms with E-state index in [1.807, 2.05) is 35.7 Å². The normalized spacial score (nSPS) is 10.9. The summed E-state index contributed by atoms with van der Waals surface area (Å²) < 4.78 is 0.927. The van der Waals surface area contributed by atoms with Crippen molar-refractivity contribution in [2.75, 3.05) is 0 Å². The van der Waals surface area contributed by atoms with Gasteiger partial charge in [0.05, 0.1) is 11.6 Å². The van der Waals surface area contributed by atoms with Gasteiger partial charge in [-0.3, -0.25) is 4.79 Å². The van der Waals surface area contributed by atoms with E-state index in [9.17, 15) is 4.79 Å². The molecule has 2 N–H and O–H groups in total. The molecule has 0 aliphatic heterocycles. The summed E-state index contributed by atoms with van der Waals surface area (Å²) in [5.74, 6) is -0.198. The van der Waals surface area contributed by atoms with Crippen LogP contribution in [0, 0.1) is 0 Å². The van der Waals surface area contributed by atoms with Crippen LogP contribution in [0.1, 0.15) is 15.4 Å². The van der Waals surface area contributed by atoms with Crippen LogP contribution in [-0.4, -0.2) is 10.9 Å². The molecule has 0 saturated carbocycles. The fourth-order valence-corrected chi connectivity index (χ4v) is 3.25. The minimum atomic E-state index is -0.198. The highest BCUT2D eigenvalue weighted by Gasteiger charge is 2.16. The second-order valence-electron chi connectivity index (χ2n) is 4.27. The number of fused-ring (bicyclic) bond motifs is 1. The van der Waals surface area contributed by atoms with Crippen LogP contribution >= 0.6 is 38.9 Å². The van der Waals surface area contributed by atoms with E-state index in [4.69, 9.17) is 11.6 Å². The third-order valence-corrected chi connectivity index (χ3v) is 4.69. The third kappa shape index (κ3) is 2.61. The van der Waals surface area contributed by atoms with Gasteiger partial charge in [0.15, 0.2) is 0 Å². The van der Waals surface area contributed by atoms with Crippen LogP contribution in [0.4, 0.5) is 0 Å². The van der Waals surface area contributed by atoms with Gasteiger partial charge in [-0.15, -0.1) is 11.3 Å². The monoisotopic (exact) mass is 368 g/mol. The summed E-state index contributed by atoms with van der Waals surface area (Å²) in [6.07, 6.45) is 0. The predicted molar refractivity (Wildman–Crippen MR) is 86.5 cm³/mol. The Hall–Kier alpha value is -1.30. The number of amides is 1. The molecule has 6 heteroatoms. The number of carbonyl (C=O) groups excluding carboxylic acids is 1. The van der Waals surface area contributed by atoms with E-state index in [-0.39, 0.29) is 5.91 Å². The second kappa shape index (κ2) is 5.60. The Kier molecular flexibility index (Phi) is 3.83. The predicted octanol–water partition coefficient (Wildman–Crippen LogP) is 4.58. The molecular formula is C14H10BrClN2OS. The number of H-pyrrole nitrogens is 1. The summed E-state index contributed by atoms with van der Waals surface area (Å²) >= 11 is 11.3. The number of aromatic nitrogens is 1. The first-order chi connectivity index (χ1) is 9.65. The maximum absolute atomic E-state index is 12.2. The zero-order valence-electron chi connectivity index (χ0n) is 10.2. The summed E-state index contributed by atoms with van der Waals surface area (Å²) in [5.41, 5.74) is 1.25. The molecule has 0 bridgehead atoms. The average molecular weight is 370 g/mol. The van der Waals surface area contributed by atoms with Crippen LogP contribution < -0.4 is 5.32 Å². The minimum Gasteiger partial charge on any atom is -0.349 e. The number of carbonyl (C=O) groups is 1. The zero-order chi connectivity index (χ0) is 14.1. The number of nitrogens with one attached hydrogen (secondary N) is 2. The first-order valence-electron chi connectivity index (χ1n) is 5.92. The molecule has 0 saturated heterocycles. The Morgan fingerprint density at radius 2 is 2.25 bits per heavy atom. The first-order valence-corrected chi connectivity index (χ1v) is 7.97. The van der Waals surface area contributed by atoms with Gasteiger partial charge in [-0.1, -0.05) is 33.6 Å². The van der Waals surface area contributed by atoms with Gasteiger partial charge in [-0.25, -0.2) is 0 Å². The summed E-state index contributed by atoms with van der Waals surface area (Å²) in [6, 6.07) is 9.63. The van der Waals surface area contributed by atoms with Gasteiger partial charge in [0, 0.05) is 20.3 Å². The summed E-state index contributed by atoms with van der Waals surface area (Å²) in [6.45, 7) is 0.506. The molecule has 3 rings (SSSR count). The Balaban J connectivity index is 1.86. The van der Waals surface area contributed by atoms with Gasteiger partial charge in [-0.2, -0.15) is 0 Å². The highest BCUT2D eigenvalue weighted by Crippen LogP contribution is 2.29. The maximum Gasteiger partial charge on any atom is 0.269 e. The average Bonchev–Trinajstić information content (AvgIpc) is 3.05. The lowest BCUT2D eigenvalue weighted by molar-refractivity contribution is 0.0947. The van der Waals surface area contributed by atoms with Crippen molar-refractivity contribution in [1.29, 1.82) is 0 Å². The number of halogens is 2. The van der Waals surface area contributed by atoms with Crippen LogP contribution in [0.3, 0.4) is 0 Å². The molecule has 1 aromatic carbocycles. The molecule has 2 heterocycles. The lowest BCUT2D eigenvalue weighted by atomic mass is 10.2. The van der Waals surface area contributed by atoms with E-state index in [0.717, 1.165) is 20.3 Å².